The smallest absolute Gasteiger partial charge is 0.132 e. The summed E-state index contributed by atoms with van der Waals surface area (Å²) in [5, 5.41) is 3.57. The highest BCUT2D eigenvalue weighted by Crippen LogP contribution is 2.30. The molecule has 5 heteroatoms. The molecule has 2 heterocycles. The van der Waals surface area contributed by atoms with Crippen molar-refractivity contribution in [2.24, 2.45) is 0 Å². The number of nitrogens with one attached hydrogen (secondary N) is 1. The van der Waals surface area contributed by atoms with E-state index in [1.54, 1.807) is 0 Å². The van der Waals surface area contributed by atoms with E-state index < -0.39 is 0 Å². The maximum absolute atomic E-state index is 4.60. The monoisotopic (exact) mass is 324 g/mol. The van der Waals surface area contributed by atoms with Gasteiger partial charge in [-0.3, -0.25) is 4.90 Å². The summed E-state index contributed by atoms with van der Waals surface area (Å²) in [6.07, 6.45) is 6.03. The van der Waals surface area contributed by atoms with Crippen LogP contribution in [-0.2, 0) is 6.42 Å². The van der Waals surface area contributed by atoms with Crippen LogP contribution in [0.2, 0.25) is 0 Å². The maximum Gasteiger partial charge on any atom is 0.132 e. The molecule has 104 valence electrons. The first kappa shape index (κ1) is 13.3. The molecule has 2 aliphatic rings. The zero-order chi connectivity index (χ0) is 13.2. The third kappa shape index (κ3) is 3.45. The van der Waals surface area contributed by atoms with Gasteiger partial charge >= 0.3 is 0 Å². The van der Waals surface area contributed by atoms with Crippen LogP contribution in [-0.4, -0.2) is 40.0 Å². The minimum atomic E-state index is 0.539. The van der Waals surface area contributed by atoms with Gasteiger partial charge in [-0.15, -0.1) is 0 Å². The first-order chi connectivity index (χ1) is 9.24. The molecular formula is C14H21BrN4. The summed E-state index contributed by atoms with van der Waals surface area (Å²) >= 11 is 3.48. The molecule has 1 aromatic rings. The Hall–Kier alpha value is -0.680. The zero-order valence-electron chi connectivity index (χ0n) is 11.4. The Bertz CT molecular complexity index is 447. The number of aromatic nitrogens is 2. The lowest BCUT2D eigenvalue weighted by molar-refractivity contribution is 0.326. The van der Waals surface area contributed by atoms with Crippen molar-refractivity contribution in [3.63, 3.8) is 0 Å². The van der Waals surface area contributed by atoms with Crippen molar-refractivity contribution in [3.05, 3.63) is 16.5 Å². The van der Waals surface area contributed by atoms with Crippen LogP contribution in [0.4, 0.5) is 5.82 Å². The molecule has 3 rings (SSSR count). The van der Waals surface area contributed by atoms with E-state index in [9.17, 15) is 0 Å². The molecule has 1 aromatic heterocycles. The van der Waals surface area contributed by atoms with E-state index >= 15 is 0 Å². The molecule has 19 heavy (non-hydrogen) atoms. The lowest BCUT2D eigenvalue weighted by Crippen LogP contribution is -2.28. The Kier molecular flexibility index (Phi) is 4.03. The molecule has 1 aliphatic carbocycles. The highest BCUT2D eigenvalue weighted by molar-refractivity contribution is 9.10. The Balaban J connectivity index is 1.62. The van der Waals surface area contributed by atoms with E-state index in [0.29, 0.717) is 6.04 Å². The molecule has 1 saturated heterocycles. The van der Waals surface area contributed by atoms with Crippen molar-refractivity contribution in [3.8, 4) is 0 Å². The molecule has 1 atom stereocenters. The Morgan fingerprint density at radius 2 is 2.21 bits per heavy atom. The Morgan fingerprint density at radius 3 is 2.95 bits per heavy atom. The largest absolute Gasteiger partial charge is 0.366 e. The van der Waals surface area contributed by atoms with Gasteiger partial charge in [0.1, 0.15) is 16.2 Å². The number of anilines is 1. The molecule has 1 aliphatic heterocycles. The number of nitrogens with zero attached hydrogens (tertiary/aromatic N) is 3. The number of hydrogen-bond donors (Lipinski definition) is 1. The lowest BCUT2D eigenvalue weighted by atomic mass is 10.2. The van der Waals surface area contributed by atoms with Crippen molar-refractivity contribution in [2.45, 2.75) is 51.1 Å². The van der Waals surface area contributed by atoms with Gasteiger partial charge in [0.05, 0.1) is 0 Å². The minimum Gasteiger partial charge on any atom is -0.366 e. The minimum absolute atomic E-state index is 0.539. The summed E-state index contributed by atoms with van der Waals surface area (Å²) in [4.78, 5) is 11.6. The second-order valence-corrected chi connectivity index (χ2v) is 6.41. The fourth-order valence-electron chi connectivity index (χ4n) is 2.76. The van der Waals surface area contributed by atoms with E-state index in [0.717, 1.165) is 41.7 Å². The van der Waals surface area contributed by atoms with Crippen LogP contribution in [0.1, 0.15) is 38.4 Å². The van der Waals surface area contributed by atoms with E-state index in [1.165, 1.54) is 25.8 Å². The molecule has 0 bridgehead atoms. The predicted molar refractivity (Wildman–Crippen MR) is 80.3 cm³/mol. The molecule has 0 amide bonds. The highest BCUT2D eigenvalue weighted by atomic mass is 79.9. The van der Waals surface area contributed by atoms with Gasteiger partial charge in [0.15, 0.2) is 0 Å². The topological polar surface area (TPSA) is 41.1 Å². The molecule has 0 spiro atoms. The van der Waals surface area contributed by atoms with Gasteiger partial charge in [-0.2, -0.15) is 0 Å². The third-order valence-corrected chi connectivity index (χ3v) is 4.26. The van der Waals surface area contributed by atoms with Crippen LogP contribution in [0.5, 0.6) is 0 Å². The van der Waals surface area contributed by atoms with E-state index in [1.807, 2.05) is 6.07 Å². The zero-order valence-corrected chi connectivity index (χ0v) is 13.0. The second-order valence-electron chi connectivity index (χ2n) is 5.60. The van der Waals surface area contributed by atoms with E-state index in [4.69, 9.17) is 0 Å². The van der Waals surface area contributed by atoms with Gasteiger partial charge < -0.3 is 5.32 Å². The predicted octanol–water partition coefficient (Wildman–Crippen LogP) is 2.84. The Labute approximate surface area is 123 Å². The SMILES string of the molecule is CCCc1nc(Br)cc(NC2CCN(C3CC3)C2)n1. The lowest BCUT2D eigenvalue weighted by Gasteiger charge is -2.16. The maximum atomic E-state index is 4.60. The molecule has 2 fully saturated rings. The van der Waals surface area contributed by atoms with Crippen LogP contribution in [0.25, 0.3) is 0 Å². The van der Waals surface area contributed by atoms with Crippen molar-refractivity contribution < 1.29 is 0 Å². The number of likely N-dealkylation sites (tertiary alicyclic amines) is 1. The summed E-state index contributed by atoms with van der Waals surface area (Å²) in [6, 6.07) is 3.40. The first-order valence-corrected chi connectivity index (χ1v) is 8.08. The van der Waals surface area contributed by atoms with Gasteiger partial charge in [-0.05, 0) is 41.6 Å². The number of hydrogen-bond acceptors (Lipinski definition) is 4. The van der Waals surface area contributed by atoms with Crippen LogP contribution >= 0.6 is 15.9 Å². The number of halogens is 1. The molecule has 1 N–H and O–H groups in total. The fraction of sp³-hybridized carbons (Fsp3) is 0.714. The Morgan fingerprint density at radius 1 is 1.37 bits per heavy atom. The molecule has 0 radical (unpaired) electrons. The molecule has 0 aromatic carbocycles. The average Bonchev–Trinajstić information content (AvgIpc) is 3.11. The summed E-state index contributed by atoms with van der Waals surface area (Å²) < 4.78 is 0.880. The summed E-state index contributed by atoms with van der Waals surface area (Å²) in [5.41, 5.74) is 0. The van der Waals surface area contributed by atoms with Crippen LogP contribution in [0.15, 0.2) is 10.7 Å². The fourth-order valence-corrected chi connectivity index (χ4v) is 3.18. The van der Waals surface area contributed by atoms with E-state index in [2.05, 4.69) is 43.0 Å². The van der Waals surface area contributed by atoms with Crippen molar-refractivity contribution in [2.75, 3.05) is 18.4 Å². The van der Waals surface area contributed by atoms with Crippen LogP contribution in [0.3, 0.4) is 0 Å². The summed E-state index contributed by atoms with van der Waals surface area (Å²) in [6.45, 7) is 4.55. The van der Waals surface area contributed by atoms with Gasteiger partial charge in [-0.25, -0.2) is 9.97 Å². The number of aryl methyl sites for hydroxylation is 1. The van der Waals surface area contributed by atoms with Crippen LogP contribution < -0.4 is 5.32 Å². The van der Waals surface area contributed by atoms with Crippen molar-refractivity contribution >= 4 is 21.7 Å². The molecule has 1 saturated carbocycles. The first-order valence-electron chi connectivity index (χ1n) is 7.28. The molecule has 4 nitrogen and oxygen atoms in total. The molecule has 1 unspecified atom stereocenters. The van der Waals surface area contributed by atoms with Crippen molar-refractivity contribution in [1.82, 2.24) is 14.9 Å². The van der Waals surface area contributed by atoms with E-state index in [-0.39, 0.29) is 0 Å². The summed E-state index contributed by atoms with van der Waals surface area (Å²) in [5.74, 6) is 1.89. The summed E-state index contributed by atoms with van der Waals surface area (Å²) in [7, 11) is 0. The van der Waals surface area contributed by atoms with Gasteiger partial charge in [-0.1, -0.05) is 6.92 Å². The molecular weight excluding hydrogens is 304 g/mol. The van der Waals surface area contributed by atoms with Gasteiger partial charge in [0.2, 0.25) is 0 Å². The standard InChI is InChI=1S/C14H21BrN4/c1-2-3-13-17-12(15)8-14(18-13)16-10-6-7-19(9-10)11-4-5-11/h8,10-11H,2-7,9H2,1H3,(H,16,17,18). The van der Waals surface area contributed by atoms with Gasteiger partial charge in [0.25, 0.3) is 0 Å². The highest BCUT2D eigenvalue weighted by Gasteiger charge is 2.34. The number of rotatable bonds is 5. The quantitative estimate of drug-likeness (QED) is 0.845. The van der Waals surface area contributed by atoms with Gasteiger partial charge in [0, 0.05) is 37.7 Å². The average molecular weight is 325 g/mol. The normalized spacial score (nSPS) is 23.8. The second kappa shape index (κ2) is 5.75. The van der Waals surface area contributed by atoms with Crippen molar-refractivity contribution in [1.29, 1.82) is 0 Å². The van der Waals surface area contributed by atoms with Crippen LogP contribution in [0, 0.1) is 0 Å². The third-order valence-electron chi connectivity index (χ3n) is 3.85.